The van der Waals surface area contributed by atoms with Crippen molar-refractivity contribution in [2.75, 3.05) is 26.4 Å². The summed E-state index contributed by atoms with van der Waals surface area (Å²) in [5.41, 5.74) is 0. The van der Waals surface area contributed by atoms with Gasteiger partial charge in [0.2, 0.25) is 53.4 Å². The molecule has 8 rings (SSSR count). The Bertz CT molecular complexity index is 4540. The van der Waals surface area contributed by atoms with Crippen LogP contribution >= 0.6 is 0 Å². The third-order valence-electron chi connectivity index (χ3n) is 19.1. The van der Waals surface area contributed by atoms with Crippen LogP contribution in [-0.4, -0.2) is 458 Å². The van der Waals surface area contributed by atoms with Crippen LogP contribution in [0, 0.1) is 0 Å². The Hall–Kier alpha value is 4.88. The van der Waals surface area contributed by atoms with E-state index in [1.54, 1.807) is 0 Å². The Morgan fingerprint density at radius 1 is 0.301 bits per heavy atom. The smallest absolute Gasteiger partial charge is 0.735 e. The largest absolute Gasteiger partial charge is 1.00 e. The minimum Gasteiger partial charge on any atom is -0.735 e. The van der Waals surface area contributed by atoms with Crippen molar-refractivity contribution in [1.29, 1.82) is 0 Å². The average Bonchev–Trinajstić information content (AvgIpc) is 0.761. The monoisotopic (exact) mass is 2190 g/mol. The number of carbonyl (C=O) groups is 6. The van der Waals surface area contributed by atoms with E-state index < -0.39 is 376 Å². The van der Waals surface area contributed by atoms with Gasteiger partial charge in [0.15, 0.2) is 83.1 Å². The zero-order valence-corrected chi connectivity index (χ0v) is 98.3. The molecular weight excluding hydrogens is 2110 g/mol. The molecule has 0 aromatic carbocycles. The van der Waals surface area contributed by atoms with Crippen LogP contribution < -0.4 is 336 Å². The van der Waals surface area contributed by atoms with Gasteiger partial charge in [0.25, 0.3) is 0 Å². The Morgan fingerprint density at radius 3 is 0.860 bits per heavy atom. The molecule has 0 aliphatic carbocycles. The van der Waals surface area contributed by atoms with Crippen LogP contribution in [0.25, 0.3) is 0 Å². The summed E-state index contributed by atoms with van der Waals surface area (Å²) < 4.78 is 323. The first-order chi connectivity index (χ1) is 57.9. The number of carboxylic acid groups (broad SMARTS) is 4. The fourth-order valence-electron chi connectivity index (χ4n) is 13.9. The summed E-state index contributed by atoms with van der Waals surface area (Å²) in [6.45, 7) is -2.67. The molecule has 0 saturated carbocycles. The summed E-state index contributed by atoms with van der Waals surface area (Å²) in [7, 11) is -36.3. The van der Waals surface area contributed by atoms with E-state index in [1.165, 1.54) is 18.6 Å². The van der Waals surface area contributed by atoms with Crippen LogP contribution in [0.4, 0.5) is 0 Å². The number of carboxylic acids is 4. The van der Waals surface area contributed by atoms with Crippen molar-refractivity contribution >= 4 is 97.9 Å². The van der Waals surface area contributed by atoms with Gasteiger partial charge in [-0.25, -0.2) is 60.0 Å². The van der Waals surface area contributed by atoms with E-state index >= 15 is 0 Å². The SMILES string of the molecule is CC(=O)N[C@H]1[C@@H](O[C@H]2[C@H](O)[C@@H](O)[C@H](O[C@H]3[C@H](O)[C@@H](NS(=O)(=O)[O-])[C@@H](O[C@H]4[C@H](O)[C@@H](OS(=O)(=O)[O-])[C@H](OC(C)C)O[C@H]4C(=O)[O-])O[C@@H]3CO)O[C@H]2C(=O)[O-])O[C@H](COS(=O)(=O)[O-])[C@@H](O[C@@H]2O[C@@H](C(=O)[O-])[C@@H](O[C@H]3O[C@H](CO)[C@@H](O[C@@H]4O[C@@H](C(=O)[O-])[C@@H](O[C@H]5O[C@H](COS(=O)(=O)[O-])[C@@H](O)[C@H](O)[C@H]5NC(C)=O)[C@H](O)[C@H]4O)[C@H](O)[C@H]3NS(=O)(=O)[O-])[C@H](O)[C@H]2OS(=O)(=O)[O-])[C@@H]1O.[Na+].[Na+].[Na+].[Na+].[Na+].[Na+].[Na+].[Na+].[Na+].[Na+]. The Balaban J connectivity index is -0.0000177. The minimum absolute atomic E-state index is 0. The molecular formula is C55H78N4Na10O61S6. The van der Waals surface area contributed by atoms with Crippen molar-refractivity contribution in [3.8, 4) is 0 Å². The topological polar surface area (TPSA) is 1030 Å². The van der Waals surface area contributed by atoms with Crippen LogP contribution in [0.2, 0.25) is 0 Å². The predicted molar refractivity (Wildman–Crippen MR) is 349 cm³/mol. The summed E-state index contributed by atoms with van der Waals surface area (Å²) in [4.78, 5) is 76.4. The molecule has 81 heteroatoms. The van der Waals surface area contributed by atoms with Gasteiger partial charge in [-0.1, -0.05) is 0 Å². The first-order valence-electron chi connectivity index (χ1n) is 35.4. The Labute approximate surface area is 990 Å². The first-order valence-corrected chi connectivity index (χ1v) is 43.6. The average molecular weight is 2190 g/mol. The number of carbonyl (C=O) groups excluding carboxylic acids is 6. The van der Waals surface area contributed by atoms with Crippen molar-refractivity contribution < 1.29 is 581 Å². The zero-order chi connectivity index (χ0) is 94.9. The van der Waals surface area contributed by atoms with Crippen LogP contribution in [0.5, 0.6) is 0 Å². The van der Waals surface area contributed by atoms with Gasteiger partial charge in [-0.05, 0) is 13.8 Å². The third kappa shape index (κ3) is 40.0. The molecule has 0 aromatic rings. The zero-order valence-electron chi connectivity index (χ0n) is 73.4. The number of hydrogen-bond donors (Lipinski definition) is 17. The molecule has 8 heterocycles. The number of ether oxygens (including phenoxy) is 16. The maximum Gasteiger partial charge on any atom is 1.00 e. The van der Waals surface area contributed by atoms with Crippen molar-refractivity contribution in [1.82, 2.24) is 20.1 Å². The Morgan fingerprint density at radius 2 is 0.559 bits per heavy atom. The van der Waals surface area contributed by atoms with Gasteiger partial charge in [-0.2, -0.15) is 0 Å². The van der Waals surface area contributed by atoms with E-state index in [4.69, 9.17) is 75.8 Å². The second-order valence-electron chi connectivity index (χ2n) is 28.3. The van der Waals surface area contributed by atoms with Gasteiger partial charge in [0.1, 0.15) is 183 Å². The normalized spacial score (nSPS) is 38.8. The standard InChI is InChI=1S/C55H88N4O61S6.10Na/c1-9(2)103-54-38(119-125(95,96)97)29(73)36(42(117-54)46(79)80)113-50-18(58-121(83,84)85)23(67)31(12(5-60)104-50)109-53-28(72)26(70)35(41(116-53)45(77)78)112-49-17(57-11(4)63)22(66)33(15(107-49)8-102-124(92,93)94)110-55-39(120-126(98,99)100)30(74)37(43(118-55)47(81)82)114-51-19(59-122(86,87)88)24(68)32(13(6-61)105-51)108-52-27(71)25(69)34(40(115-52)44(75)76)111-48-16(56-10(3)62)21(65)20(64)14(106-48)7-101-123(89,90)91;;;;;;;;;;/h9,12-43,48-55,58-61,64-74H,5-8H2,1-4H3,(H,56,62)(H,57,63)(H,75,76)(H,77,78)(H,79,80)(H,81,82)(H,83,84,85)(H,86,87,88)(H,89,90,91)(H,92,93,94)(H,95,96,97)(H,98,99,100);;;;;;;;;;/q;10*+1/p-10/t12-,13-,14-,15-,16-,17-,18-,19-,20-,21-,22-,23-,24-,25-,26-,27-,28-,29+,30+,31-,32-,33-,34+,35+,36+,37+,38-,39-,40-,41-,42-,43-,48-,49-,50-,51-,52-,53-,54-,55-;;;;;;;;;;/m1........../s1. The number of aliphatic hydroxyl groups is 13. The summed E-state index contributed by atoms with van der Waals surface area (Å²) in [6.07, 6.45) is -102. The molecule has 8 saturated heterocycles. The minimum atomic E-state index is -6.51. The van der Waals surface area contributed by atoms with Gasteiger partial charge in [0.05, 0.1) is 56.4 Å². The van der Waals surface area contributed by atoms with E-state index in [-0.39, 0.29) is 296 Å². The van der Waals surface area contributed by atoms with Crippen molar-refractivity contribution in [3.63, 3.8) is 0 Å². The molecule has 8 aliphatic rings. The molecule has 2 amide bonds. The molecule has 730 valence electrons. The van der Waals surface area contributed by atoms with Gasteiger partial charge >= 0.3 is 296 Å². The van der Waals surface area contributed by atoms with E-state index in [0.29, 0.717) is 6.92 Å². The second kappa shape index (κ2) is 61.2. The number of aliphatic hydroxyl groups excluding tert-OH is 13. The fraction of sp³-hybridized carbons (Fsp3) is 0.891. The molecule has 0 bridgehead atoms. The summed E-state index contributed by atoms with van der Waals surface area (Å²) >= 11 is 0. The number of hydrogen-bond acceptors (Lipinski definition) is 61. The molecule has 0 spiro atoms. The number of amides is 2. The second-order valence-corrected chi connectivity index (χ2v) is 34.7. The van der Waals surface area contributed by atoms with E-state index in [9.17, 15) is 193 Å². The molecule has 136 heavy (non-hydrogen) atoms. The quantitative estimate of drug-likeness (QED) is 0.0155. The maximum absolute atomic E-state index is 13.2. The van der Waals surface area contributed by atoms with E-state index in [0.717, 1.165) is 11.6 Å². The van der Waals surface area contributed by atoms with Gasteiger partial charge in [-0.15, -0.1) is 0 Å². The van der Waals surface area contributed by atoms with Crippen molar-refractivity contribution in [2.24, 2.45) is 0 Å². The van der Waals surface area contributed by atoms with Gasteiger partial charge in [0, 0.05) is 13.8 Å². The molecule has 8 fully saturated rings. The van der Waals surface area contributed by atoms with Crippen molar-refractivity contribution in [2.45, 2.75) is 279 Å². The molecule has 65 nitrogen and oxygen atoms in total. The molecule has 17 N–H and O–H groups in total. The molecule has 0 radical (unpaired) electrons. The fourth-order valence-corrected chi connectivity index (χ4v) is 16.6. The van der Waals surface area contributed by atoms with Crippen LogP contribution in [0.15, 0.2) is 0 Å². The Kier molecular flexibility index (Phi) is 65.3. The molecule has 8 aliphatic heterocycles. The number of nitrogens with one attached hydrogen (secondary N) is 4. The number of rotatable bonds is 38. The summed E-state index contributed by atoms with van der Waals surface area (Å²) in [5.74, 6) is -12.6. The van der Waals surface area contributed by atoms with E-state index in [2.05, 4.69) is 16.7 Å². The van der Waals surface area contributed by atoms with E-state index in [1.807, 2.05) is 10.6 Å². The van der Waals surface area contributed by atoms with Crippen LogP contribution in [0.1, 0.15) is 27.7 Å². The van der Waals surface area contributed by atoms with Gasteiger partial charge < -0.3 is 220 Å². The summed E-state index contributed by atoms with van der Waals surface area (Å²) in [5, 5.41) is 203. The third-order valence-corrected chi connectivity index (χ3v) is 22.0. The van der Waals surface area contributed by atoms with Crippen LogP contribution in [-0.2, 0) is 183 Å². The number of aliphatic carboxylic acids is 4. The molecule has 40 atom stereocenters. The predicted octanol–water partition coefficient (Wildman–Crippen LogP) is -55.6. The summed E-state index contributed by atoms with van der Waals surface area (Å²) in [6, 6.07) is -10.4. The van der Waals surface area contributed by atoms with Crippen LogP contribution in [0.3, 0.4) is 0 Å². The first kappa shape index (κ1) is 145. The van der Waals surface area contributed by atoms with Crippen molar-refractivity contribution in [3.05, 3.63) is 0 Å². The molecule has 0 aromatic heterocycles. The molecule has 0 unspecified atom stereocenters. The maximum atomic E-state index is 13.2. The van der Waals surface area contributed by atoms with Gasteiger partial charge in [-0.3, -0.25) is 26.3 Å².